The highest BCUT2D eigenvalue weighted by atomic mass is 16.5. The first-order chi connectivity index (χ1) is 8.09. The molecule has 1 amide bonds. The Bertz CT molecular complexity index is 273. The van der Waals surface area contributed by atoms with Gasteiger partial charge in [-0.3, -0.25) is 4.79 Å². The van der Waals surface area contributed by atoms with Crippen molar-refractivity contribution in [1.29, 1.82) is 0 Å². The molecule has 2 aliphatic rings. The lowest BCUT2D eigenvalue weighted by atomic mass is 9.91. The molecule has 1 N–H and O–H groups in total. The standard InChI is InChI=1S/C13H24N2O2/c1-13(2)10-14-5-6-15(12(13)16)9-11-3-7-17-8-4-11/h11,14H,3-10H2,1-2H3. The Morgan fingerprint density at radius 1 is 1.41 bits per heavy atom. The summed E-state index contributed by atoms with van der Waals surface area (Å²) in [6.07, 6.45) is 2.19. The first kappa shape index (κ1) is 12.8. The Kier molecular flexibility index (Phi) is 4.05. The van der Waals surface area contributed by atoms with Gasteiger partial charge in [-0.15, -0.1) is 0 Å². The van der Waals surface area contributed by atoms with Crippen molar-refractivity contribution in [1.82, 2.24) is 10.2 Å². The molecule has 4 nitrogen and oxygen atoms in total. The summed E-state index contributed by atoms with van der Waals surface area (Å²) in [4.78, 5) is 14.4. The van der Waals surface area contributed by atoms with Crippen LogP contribution in [-0.4, -0.2) is 50.2 Å². The topological polar surface area (TPSA) is 41.6 Å². The summed E-state index contributed by atoms with van der Waals surface area (Å²) >= 11 is 0. The third-order valence-corrected chi connectivity index (χ3v) is 3.81. The highest BCUT2D eigenvalue weighted by Gasteiger charge is 2.34. The number of carbonyl (C=O) groups is 1. The lowest BCUT2D eigenvalue weighted by Gasteiger charge is -2.32. The van der Waals surface area contributed by atoms with Crippen molar-refractivity contribution in [2.75, 3.05) is 39.4 Å². The molecular formula is C13H24N2O2. The van der Waals surface area contributed by atoms with Gasteiger partial charge in [-0.2, -0.15) is 0 Å². The molecule has 2 fully saturated rings. The molecule has 17 heavy (non-hydrogen) atoms. The Balaban J connectivity index is 1.95. The number of nitrogens with one attached hydrogen (secondary N) is 1. The second-order valence-electron chi connectivity index (χ2n) is 5.87. The zero-order valence-electron chi connectivity index (χ0n) is 11.0. The van der Waals surface area contributed by atoms with E-state index in [0.717, 1.165) is 52.2 Å². The first-order valence-corrected chi connectivity index (χ1v) is 6.67. The summed E-state index contributed by atoms with van der Waals surface area (Å²) in [6, 6.07) is 0. The second-order valence-corrected chi connectivity index (χ2v) is 5.87. The van der Waals surface area contributed by atoms with Crippen LogP contribution in [0.25, 0.3) is 0 Å². The van der Waals surface area contributed by atoms with Gasteiger partial charge in [0.2, 0.25) is 5.91 Å². The second kappa shape index (κ2) is 5.36. The maximum Gasteiger partial charge on any atom is 0.229 e. The van der Waals surface area contributed by atoms with Crippen molar-refractivity contribution >= 4 is 5.91 Å². The van der Waals surface area contributed by atoms with Gasteiger partial charge in [-0.05, 0) is 32.6 Å². The average Bonchev–Trinajstić information content (AvgIpc) is 2.44. The minimum Gasteiger partial charge on any atom is -0.381 e. The van der Waals surface area contributed by atoms with E-state index in [-0.39, 0.29) is 5.41 Å². The fourth-order valence-corrected chi connectivity index (χ4v) is 2.63. The van der Waals surface area contributed by atoms with E-state index in [1.54, 1.807) is 0 Å². The van der Waals surface area contributed by atoms with Gasteiger partial charge in [-0.1, -0.05) is 0 Å². The highest BCUT2D eigenvalue weighted by Crippen LogP contribution is 2.23. The van der Waals surface area contributed by atoms with Crippen LogP contribution in [0, 0.1) is 11.3 Å². The molecule has 0 spiro atoms. The van der Waals surface area contributed by atoms with Crippen LogP contribution in [0.1, 0.15) is 26.7 Å². The van der Waals surface area contributed by atoms with Crippen LogP contribution in [0.4, 0.5) is 0 Å². The Hall–Kier alpha value is -0.610. The van der Waals surface area contributed by atoms with E-state index in [1.807, 2.05) is 13.8 Å². The van der Waals surface area contributed by atoms with E-state index < -0.39 is 0 Å². The lowest BCUT2D eigenvalue weighted by Crippen LogP contribution is -2.44. The molecule has 0 aromatic carbocycles. The Morgan fingerprint density at radius 3 is 2.82 bits per heavy atom. The molecule has 0 atom stereocenters. The van der Waals surface area contributed by atoms with E-state index in [2.05, 4.69) is 10.2 Å². The number of hydrogen-bond donors (Lipinski definition) is 1. The molecule has 2 aliphatic heterocycles. The van der Waals surface area contributed by atoms with Gasteiger partial charge in [0, 0.05) is 39.4 Å². The maximum atomic E-state index is 12.4. The van der Waals surface area contributed by atoms with Gasteiger partial charge >= 0.3 is 0 Å². The van der Waals surface area contributed by atoms with Crippen molar-refractivity contribution in [3.8, 4) is 0 Å². The predicted octanol–water partition coefficient (Wildman–Crippen LogP) is 0.871. The minimum absolute atomic E-state index is 0.262. The maximum absolute atomic E-state index is 12.4. The van der Waals surface area contributed by atoms with Crippen LogP contribution in [-0.2, 0) is 9.53 Å². The van der Waals surface area contributed by atoms with Crippen molar-refractivity contribution in [3.63, 3.8) is 0 Å². The van der Waals surface area contributed by atoms with Crippen LogP contribution >= 0.6 is 0 Å². The normalized spacial score (nSPS) is 26.9. The van der Waals surface area contributed by atoms with Crippen LogP contribution in [0.3, 0.4) is 0 Å². The largest absolute Gasteiger partial charge is 0.381 e. The van der Waals surface area contributed by atoms with Gasteiger partial charge in [-0.25, -0.2) is 0 Å². The fraction of sp³-hybridized carbons (Fsp3) is 0.923. The molecule has 0 aromatic rings. The van der Waals surface area contributed by atoms with Crippen LogP contribution in [0.5, 0.6) is 0 Å². The molecule has 0 unspecified atom stereocenters. The predicted molar refractivity (Wildman–Crippen MR) is 66.8 cm³/mol. The SMILES string of the molecule is CC1(C)CNCCN(CC2CCOCC2)C1=O. The highest BCUT2D eigenvalue weighted by molar-refractivity contribution is 5.82. The number of nitrogens with zero attached hydrogens (tertiary/aromatic N) is 1. The van der Waals surface area contributed by atoms with Gasteiger partial charge in [0.1, 0.15) is 0 Å². The molecule has 2 rings (SSSR count). The molecule has 98 valence electrons. The van der Waals surface area contributed by atoms with Gasteiger partial charge in [0.15, 0.2) is 0 Å². The van der Waals surface area contributed by atoms with Crippen LogP contribution in [0.2, 0.25) is 0 Å². The molecule has 0 saturated carbocycles. The summed E-state index contributed by atoms with van der Waals surface area (Å²) in [5.41, 5.74) is -0.262. The third-order valence-electron chi connectivity index (χ3n) is 3.81. The number of rotatable bonds is 2. The monoisotopic (exact) mass is 240 g/mol. The van der Waals surface area contributed by atoms with Crippen molar-refractivity contribution in [3.05, 3.63) is 0 Å². The molecule has 0 aromatic heterocycles. The molecule has 0 radical (unpaired) electrons. The zero-order valence-corrected chi connectivity index (χ0v) is 11.0. The number of hydrogen-bond acceptors (Lipinski definition) is 3. The lowest BCUT2D eigenvalue weighted by molar-refractivity contribution is -0.140. The van der Waals surface area contributed by atoms with E-state index in [9.17, 15) is 4.79 Å². The van der Waals surface area contributed by atoms with E-state index in [1.165, 1.54) is 0 Å². The molecule has 0 aliphatic carbocycles. The third kappa shape index (κ3) is 3.19. The van der Waals surface area contributed by atoms with E-state index in [0.29, 0.717) is 11.8 Å². The Labute approximate surface area is 104 Å². The van der Waals surface area contributed by atoms with Crippen LogP contribution < -0.4 is 5.32 Å². The summed E-state index contributed by atoms with van der Waals surface area (Å²) in [7, 11) is 0. The number of amides is 1. The zero-order chi connectivity index (χ0) is 12.3. The van der Waals surface area contributed by atoms with Gasteiger partial charge < -0.3 is 15.0 Å². The smallest absolute Gasteiger partial charge is 0.229 e. The van der Waals surface area contributed by atoms with Crippen molar-refractivity contribution in [2.24, 2.45) is 11.3 Å². The average molecular weight is 240 g/mol. The molecule has 2 heterocycles. The minimum atomic E-state index is -0.262. The van der Waals surface area contributed by atoms with Crippen molar-refractivity contribution < 1.29 is 9.53 Å². The molecular weight excluding hydrogens is 216 g/mol. The van der Waals surface area contributed by atoms with Crippen LogP contribution in [0.15, 0.2) is 0 Å². The fourth-order valence-electron chi connectivity index (χ4n) is 2.63. The van der Waals surface area contributed by atoms with E-state index >= 15 is 0 Å². The van der Waals surface area contributed by atoms with Gasteiger partial charge in [0.25, 0.3) is 0 Å². The molecule has 4 heteroatoms. The van der Waals surface area contributed by atoms with Gasteiger partial charge in [0.05, 0.1) is 5.41 Å². The summed E-state index contributed by atoms with van der Waals surface area (Å²) in [6.45, 7) is 9.24. The first-order valence-electron chi connectivity index (χ1n) is 6.67. The van der Waals surface area contributed by atoms with Crippen molar-refractivity contribution in [2.45, 2.75) is 26.7 Å². The number of carbonyl (C=O) groups excluding carboxylic acids is 1. The molecule has 0 bridgehead atoms. The summed E-state index contributed by atoms with van der Waals surface area (Å²) in [5, 5.41) is 3.35. The number of ether oxygens (including phenoxy) is 1. The molecule has 2 saturated heterocycles. The Morgan fingerprint density at radius 2 is 2.12 bits per heavy atom. The summed E-state index contributed by atoms with van der Waals surface area (Å²) in [5.74, 6) is 0.926. The summed E-state index contributed by atoms with van der Waals surface area (Å²) < 4.78 is 5.37. The van der Waals surface area contributed by atoms with E-state index in [4.69, 9.17) is 4.74 Å². The quantitative estimate of drug-likeness (QED) is 0.779.